The van der Waals surface area contributed by atoms with Crippen molar-refractivity contribution in [2.24, 2.45) is 5.92 Å². The standard InChI is InChI=1S/C33H32F3N5O3/c1-4-22-25(35)7-6-18-10-21(42)12-23(27(18)22)29-28(36)30-24(14-37-29)31(40(2)26-11-19(26)16-43-3)39-32(38-30)44-17-33-8-5-9-41(33)15-20(34)13-33/h1,6-7,10,12,14,19-20,26,42H,5,8-9,11,13,15-17H2,2-3H3/t19-,20-,26+,33+/m1/s1. The number of rotatable bonds is 8. The van der Waals surface area contributed by atoms with E-state index in [-0.39, 0.29) is 58.1 Å². The molecular formula is C33H32F3N5O3. The number of methoxy groups -OCH3 is 1. The average Bonchev–Trinajstić information content (AvgIpc) is 3.56. The Morgan fingerprint density at radius 1 is 1.25 bits per heavy atom. The number of nitrogens with zero attached hydrogens (tertiary/aromatic N) is 5. The largest absolute Gasteiger partial charge is 0.508 e. The Kier molecular flexibility index (Phi) is 7.02. The predicted octanol–water partition coefficient (Wildman–Crippen LogP) is 5.24. The average molecular weight is 604 g/mol. The van der Waals surface area contributed by atoms with E-state index in [1.54, 1.807) is 7.11 Å². The lowest BCUT2D eigenvalue weighted by Crippen LogP contribution is -2.43. The van der Waals surface area contributed by atoms with E-state index >= 15 is 4.39 Å². The number of pyridine rings is 1. The Bertz CT molecular complexity index is 1830. The lowest BCUT2D eigenvalue weighted by molar-refractivity contribution is 0.107. The summed E-state index contributed by atoms with van der Waals surface area (Å²) < 4.78 is 57.4. The molecule has 7 rings (SSSR count). The topological polar surface area (TPSA) is 83.8 Å². The van der Waals surface area contributed by atoms with Gasteiger partial charge in [-0.2, -0.15) is 9.97 Å². The van der Waals surface area contributed by atoms with E-state index in [0.717, 1.165) is 25.8 Å². The molecule has 11 heteroatoms. The van der Waals surface area contributed by atoms with Crippen molar-refractivity contribution in [3.05, 3.63) is 47.7 Å². The lowest BCUT2D eigenvalue weighted by Gasteiger charge is -2.31. The van der Waals surface area contributed by atoms with Gasteiger partial charge in [0.15, 0.2) is 5.82 Å². The first-order valence-corrected chi connectivity index (χ1v) is 14.7. The van der Waals surface area contributed by atoms with Crippen LogP contribution in [0.2, 0.25) is 0 Å². The van der Waals surface area contributed by atoms with Crippen LogP contribution in [-0.2, 0) is 4.74 Å². The van der Waals surface area contributed by atoms with Gasteiger partial charge in [-0.1, -0.05) is 12.0 Å². The van der Waals surface area contributed by atoms with Crippen molar-refractivity contribution in [1.82, 2.24) is 19.9 Å². The second-order valence-corrected chi connectivity index (χ2v) is 12.2. The van der Waals surface area contributed by atoms with Crippen molar-refractivity contribution in [3.8, 4) is 35.4 Å². The van der Waals surface area contributed by atoms with Crippen molar-refractivity contribution in [2.75, 3.05) is 45.4 Å². The summed E-state index contributed by atoms with van der Waals surface area (Å²) in [7, 11) is 3.53. The van der Waals surface area contributed by atoms with Crippen LogP contribution in [0.1, 0.15) is 31.2 Å². The molecular weight excluding hydrogens is 571 g/mol. The summed E-state index contributed by atoms with van der Waals surface area (Å²) in [6.07, 6.45) is 9.21. The fraction of sp³-hybridized carbons (Fsp3) is 0.424. The van der Waals surface area contributed by atoms with E-state index in [0.29, 0.717) is 36.2 Å². The van der Waals surface area contributed by atoms with Crippen LogP contribution in [0.4, 0.5) is 19.0 Å². The van der Waals surface area contributed by atoms with Gasteiger partial charge in [0.2, 0.25) is 0 Å². The molecule has 0 radical (unpaired) electrons. The first-order valence-electron chi connectivity index (χ1n) is 14.7. The molecule has 0 bridgehead atoms. The summed E-state index contributed by atoms with van der Waals surface area (Å²) in [6.45, 7) is 1.94. The van der Waals surface area contributed by atoms with Crippen molar-refractivity contribution in [3.63, 3.8) is 0 Å². The van der Waals surface area contributed by atoms with E-state index in [4.69, 9.17) is 20.9 Å². The van der Waals surface area contributed by atoms with Crippen LogP contribution < -0.4 is 9.64 Å². The smallest absolute Gasteiger partial charge is 0.319 e. The molecule has 2 aromatic heterocycles. The minimum absolute atomic E-state index is 0.0287. The molecule has 4 heterocycles. The van der Waals surface area contributed by atoms with Crippen molar-refractivity contribution >= 4 is 27.5 Å². The quantitative estimate of drug-likeness (QED) is 0.274. The zero-order valence-electron chi connectivity index (χ0n) is 24.5. The highest BCUT2D eigenvalue weighted by molar-refractivity contribution is 6.03. The van der Waals surface area contributed by atoms with E-state index in [1.807, 2.05) is 11.9 Å². The Balaban J connectivity index is 1.36. The van der Waals surface area contributed by atoms with Gasteiger partial charge >= 0.3 is 6.01 Å². The third kappa shape index (κ3) is 4.68. The number of hydrogen-bond acceptors (Lipinski definition) is 8. The molecule has 3 fully saturated rings. The first-order chi connectivity index (χ1) is 21.2. The summed E-state index contributed by atoms with van der Waals surface area (Å²) in [6, 6.07) is 5.51. The lowest BCUT2D eigenvalue weighted by atomic mass is 9.95. The monoisotopic (exact) mass is 603 g/mol. The number of fused-ring (bicyclic) bond motifs is 3. The molecule has 4 aromatic rings. The number of ether oxygens (including phenoxy) is 2. The minimum Gasteiger partial charge on any atom is -0.508 e. The van der Waals surface area contributed by atoms with Crippen LogP contribution in [-0.4, -0.2) is 83.2 Å². The maximum absolute atomic E-state index is 16.7. The Labute approximate surface area is 252 Å². The zero-order valence-corrected chi connectivity index (χ0v) is 24.5. The van der Waals surface area contributed by atoms with Crippen molar-refractivity contribution in [2.45, 2.75) is 43.4 Å². The first kappa shape index (κ1) is 28.6. The molecule has 2 saturated heterocycles. The van der Waals surface area contributed by atoms with Gasteiger partial charge < -0.3 is 19.5 Å². The van der Waals surface area contributed by atoms with Crippen LogP contribution in [0.25, 0.3) is 32.9 Å². The van der Waals surface area contributed by atoms with Crippen LogP contribution in [0.15, 0.2) is 30.5 Å². The minimum atomic E-state index is -0.924. The van der Waals surface area contributed by atoms with Gasteiger partial charge in [-0.05, 0) is 49.4 Å². The van der Waals surface area contributed by atoms with Crippen LogP contribution in [0, 0.1) is 29.9 Å². The van der Waals surface area contributed by atoms with Gasteiger partial charge in [0.05, 0.1) is 23.1 Å². The molecule has 228 valence electrons. The van der Waals surface area contributed by atoms with E-state index < -0.39 is 23.3 Å². The fourth-order valence-corrected chi connectivity index (χ4v) is 7.20. The van der Waals surface area contributed by atoms with Gasteiger partial charge in [-0.25, -0.2) is 13.2 Å². The molecule has 0 unspecified atom stereocenters. The zero-order chi connectivity index (χ0) is 30.7. The summed E-state index contributed by atoms with van der Waals surface area (Å²) in [5.74, 6) is 1.49. The highest BCUT2D eigenvalue weighted by atomic mass is 19.1. The second kappa shape index (κ2) is 10.8. The van der Waals surface area contributed by atoms with Crippen molar-refractivity contribution in [1.29, 1.82) is 0 Å². The molecule has 8 nitrogen and oxygen atoms in total. The number of phenols is 1. The number of halogens is 3. The third-order valence-electron chi connectivity index (χ3n) is 9.42. The van der Waals surface area contributed by atoms with E-state index in [9.17, 15) is 13.9 Å². The summed E-state index contributed by atoms with van der Waals surface area (Å²) in [4.78, 5) is 17.7. The molecule has 0 spiro atoms. The molecule has 0 amide bonds. The highest BCUT2D eigenvalue weighted by Gasteiger charge is 2.49. The van der Waals surface area contributed by atoms with Gasteiger partial charge in [-0.15, -0.1) is 6.42 Å². The maximum Gasteiger partial charge on any atom is 0.319 e. The number of benzene rings is 2. The number of alkyl halides is 1. The van der Waals surface area contributed by atoms with Gasteiger partial charge in [0.1, 0.15) is 41.4 Å². The Morgan fingerprint density at radius 3 is 2.89 bits per heavy atom. The molecule has 44 heavy (non-hydrogen) atoms. The van der Waals surface area contributed by atoms with Gasteiger partial charge in [0, 0.05) is 56.2 Å². The number of aromatic hydroxyl groups is 1. The van der Waals surface area contributed by atoms with E-state index in [2.05, 4.69) is 20.8 Å². The van der Waals surface area contributed by atoms with Gasteiger partial charge in [-0.3, -0.25) is 9.88 Å². The second-order valence-electron chi connectivity index (χ2n) is 12.2. The summed E-state index contributed by atoms with van der Waals surface area (Å²) in [5.41, 5.74) is -0.574. The fourth-order valence-electron chi connectivity index (χ4n) is 7.20. The highest BCUT2D eigenvalue weighted by Crippen LogP contribution is 2.43. The van der Waals surface area contributed by atoms with Crippen LogP contribution >= 0.6 is 0 Å². The third-order valence-corrected chi connectivity index (χ3v) is 9.42. The Hall–Kier alpha value is -4.14. The summed E-state index contributed by atoms with van der Waals surface area (Å²) in [5, 5.41) is 11.5. The number of terminal acetylenes is 1. The van der Waals surface area contributed by atoms with Crippen LogP contribution in [0.3, 0.4) is 0 Å². The van der Waals surface area contributed by atoms with Gasteiger partial charge in [0.25, 0.3) is 0 Å². The summed E-state index contributed by atoms with van der Waals surface area (Å²) >= 11 is 0. The number of phenolic OH excluding ortho intramolecular Hbond substituents is 1. The number of anilines is 1. The molecule has 3 aliphatic rings. The molecule has 1 aliphatic carbocycles. The number of aromatic nitrogens is 3. The van der Waals surface area contributed by atoms with E-state index in [1.165, 1.54) is 30.5 Å². The molecule has 1 N–H and O–H groups in total. The van der Waals surface area contributed by atoms with Crippen molar-refractivity contribution < 1.29 is 27.8 Å². The predicted molar refractivity (Wildman–Crippen MR) is 161 cm³/mol. The maximum atomic E-state index is 16.7. The molecule has 2 aliphatic heterocycles. The molecule has 2 aromatic carbocycles. The Morgan fingerprint density at radius 2 is 2.09 bits per heavy atom. The van der Waals surface area contributed by atoms with Crippen LogP contribution in [0.5, 0.6) is 11.8 Å². The SMILES string of the molecule is C#Cc1c(F)ccc2cc(O)cc(-c3ncc4c(N(C)[C@H]5C[C@@H]5COC)nc(OC[C@@]56CCCN5C[C@H](F)C6)nc4c3F)c12. The normalized spacial score (nSPS) is 24.5. The number of hydrogen-bond donors (Lipinski definition) is 1. The molecule has 4 atom stereocenters. The molecule has 1 saturated carbocycles.